The van der Waals surface area contributed by atoms with Gasteiger partial charge in [-0.1, -0.05) is 23.4 Å². The molecule has 0 bridgehead atoms. The normalized spacial score (nSPS) is 14.8. The minimum absolute atomic E-state index is 0.00336. The molecule has 1 amide bonds. The molecule has 0 atom stereocenters. The fourth-order valence-corrected chi connectivity index (χ4v) is 4.61. The van der Waals surface area contributed by atoms with E-state index < -0.39 is 0 Å². The molecular formula is C25H27N5O3. The van der Waals surface area contributed by atoms with Gasteiger partial charge in [0.2, 0.25) is 0 Å². The number of carbonyl (C=O) groups is 2. The number of H-pyrrole nitrogens is 1. The third-order valence-electron chi connectivity index (χ3n) is 6.36. The lowest BCUT2D eigenvalue weighted by atomic mass is 10.1. The van der Waals surface area contributed by atoms with E-state index in [2.05, 4.69) is 15.0 Å². The predicted molar refractivity (Wildman–Crippen MR) is 125 cm³/mol. The summed E-state index contributed by atoms with van der Waals surface area (Å²) in [5, 5.41) is 5.12. The molecule has 5 rings (SSSR count). The molecular weight excluding hydrogens is 418 g/mol. The first-order chi connectivity index (χ1) is 15.9. The van der Waals surface area contributed by atoms with Crippen molar-refractivity contribution < 1.29 is 14.1 Å². The Kier molecular flexibility index (Phi) is 5.38. The zero-order valence-corrected chi connectivity index (χ0v) is 19.1. The van der Waals surface area contributed by atoms with Crippen molar-refractivity contribution in [2.75, 3.05) is 32.7 Å². The fraction of sp³-hybridized carbons (Fsp3) is 0.320. The van der Waals surface area contributed by atoms with Crippen LogP contribution in [0.1, 0.15) is 38.0 Å². The minimum atomic E-state index is 0.00336. The Morgan fingerprint density at radius 3 is 2.48 bits per heavy atom. The Bertz CT molecular complexity index is 1300. The average Bonchev–Trinajstić information content (AvgIpc) is 3.50. The topological polar surface area (TPSA) is 87.4 Å². The van der Waals surface area contributed by atoms with Gasteiger partial charge in [0.25, 0.3) is 5.91 Å². The first-order valence-electron chi connectivity index (χ1n) is 11.2. The molecule has 8 heteroatoms. The van der Waals surface area contributed by atoms with Crippen molar-refractivity contribution in [1.29, 1.82) is 0 Å². The van der Waals surface area contributed by atoms with E-state index in [4.69, 9.17) is 4.52 Å². The van der Waals surface area contributed by atoms with Gasteiger partial charge in [0.05, 0.1) is 6.54 Å². The highest BCUT2D eigenvalue weighted by Gasteiger charge is 2.26. The van der Waals surface area contributed by atoms with E-state index in [1.165, 1.54) is 0 Å². The molecule has 4 heterocycles. The van der Waals surface area contributed by atoms with Crippen LogP contribution < -0.4 is 0 Å². The fourth-order valence-electron chi connectivity index (χ4n) is 4.61. The number of hydrogen-bond acceptors (Lipinski definition) is 5. The summed E-state index contributed by atoms with van der Waals surface area (Å²) in [7, 11) is 0. The zero-order chi connectivity index (χ0) is 23.1. The lowest BCUT2D eigenvalue weighted by molar-refractivity contribution is 0.0620. The van der Waals surface area contributed by atoms with E-state index in [0.717, 1.165) is 28.1 Å². The maximum Gasteiger partial charge on any atom is 0.270 e. The van der Waals surface area contributed by atoms with E-state index in [1.807, 2.05) is 72.7 Å². The Morgan fingerprint density at radius 2 is 1.79 bits per heavy atom. The molecule has 0 spiro atoms. The van der Waals surface area contributed by atoms with Crippen LogP contribution in [0, 0.1) is 20.8 Å². The third-order valence-corrected chi connectivity index (χ3v) is 6.36. The molecule has 0 radical (unpaired) electrons. The van der Waals surface area contributed by atoms with Crippen LogP contribution in [0.2, 0.25) is 0 Å². The summed E-state index contributed by atoms with van der Waals surface area (Å²) in [5.41, 5.74) is 4.07. The number of aromatic nitrogens is 3. The van der Waals surface area contributed by atoms with Gasteiger partial charge >= 0.3 is 0 Å². The summed E-state index contributed by atoms with van der Waals surface area (Å²) >= 11 is 0. The van der Waals surface area contributed by atoms with Crippen LogP contribution in [0.3, 0.4) is 0 Å². The molecule has 3 aromatic heterocycles. The number of amides is 1. The van der Waals surface area contributed by atoms with Gasteiger partial charge in [0.15, 0.2) is 11.6 Å². The van der Waals surface area contributed by atoms with Crippen LogP contribution in [-0.4, -0.2) is 68.9 Å². The van der Waals surface area contributed by atoms with Crippen molar-refractivity contribution in [3.63, 3.8) is 0 Å². The molecule has 1 saturated heterocycles. The van der Waals surface area contributed by atoms with Gasteiger partial charge in [0, 0.05) is 60.1 Å². The number of carbonyl (C=O) groups excluding carboxylic acids is 2. The summed E-state index contributed by atoms with van der Waals surface area (Å²) in [4.78, 5) is 33.2. The monoisotopic (exact) mass is 445 g/mol. The molecule has 0 unspecified atom stereocenters. The number of para-hydroxylation sites is 1. The maximum atomic E-state index is 13.1. The second-order valence-corrected chi connectivity index (χ2v) is 8.68. The first-order valence-corrected chi connectivity index (χ1v) is 11.2. The highest BCUT2D eigenvalue weighted by atomic mass is 16.5. The number of aromatic amines is 1. The third kappa shape index (κ3) is 3.98. The lowest BCUT2D eigenvalue weighted by Gasteiger charge is -2.34. The molecule has 0 saturated carbocycles. The van der Waals surface area contributed by atoms with Gasteiger partial charge in [-0.05, 0) is 39.0 Å². The Labute approximate surface area is 191 Å². The van der Waals surface area contributed by atoms with Crippen LogP contribution >= 0.6 is 0 Å². The molecule has 33 heavy (non-hydrogen) atoms. The van der Waals surface area contributed by atoms with Crippen molar-refractivity contribution in [2.24, 2.45) is 0 Å². The molecule has 1 aromatic carbocycles. The van der Waals surface area contributed by atoms with E-state index in [-0.39, 0.29) is 11.7 Å². The number of nitrogens with zero attached hydrogens (tertiary/aromatic N) is 4. The first kappa shape index (κ1) is 21.2. The molecule has 0 aliphatic carbocycles. The second-order valence-electron chi connectivity index (χ2n) is 8.68. The van der Waals surface area contributed by atoms with Crippen molar-refractivity contribution in [3.8, 4) is 5.82 Å². The number of Topliss-reactive ketones (excluding diaryl/α,β-unsaturated/α-hetero) is 1. The summed E-state index contributed by atoms with van der Waals surface area (Å²) in [6.07, 6.45) is 0. The number of benzene rings is 1. The molecule has 170 valence electrons. The van der Waals surface area contributed by atoms with E-state index in [9.17, 15) is 9.59 Å². The second kappa shape index (κ2) is 8.37. The van der Waals surface area contributed by atoms with Gasteiger partial charge in [0.1, 0.15) is 11.5 Å². The smallest absolute Gasteiger partial charge is 0.270 e. The Hall–Kier alpha value is -3.65. The molecule has 1 aliphatic rings. The van der Waals surface area contributed by atoms with Crippen molar-refractivity contribution >= 4 is 22.6 Å². The molecule has 1 N–H and O–H groups in total. The van der Waals surface area contributed by atoms with Crippen molar-refractivity contribution in [2.45, 2.75) is 20.8 Å². The van der Waals surface area contributed by atoms with E-state index >= 15 is 0 Å². The highest BCUT2D eigenvalue weighted by molar-refractivity contribution is 5.99. The Morgan fingerprint density at radius 1 is 1.03 bits per heavy atom. The molecule has 1 aliphatic heterocycles. The molecule has 4 aromatic rings. The van der Waals surface area contributed by atoms with Crippen molar-refractivity contribution in [3.05, 3.63) is 70.9 Å². The quantitative estimate of drug-likeness (QED) is 0.475. The van der Waals surface area contributed by atoms with Gasteiger partial charge in [-0.25, -0.2) is 0 Å². The number of nitrogens with one attached hydrogen (secondary N) is 1. The number of aryl methyl sites for hydroxylation is 2. The van der Waals surface area contributed by atoms with Crippen LogP contribution in [0.15, 0.2) is 47.0 Å². The molecule has 1 fully saturated rings. The zero-order valence-electron chi connectivity index (χ0n) is 19.1. The summed E-state index contributed by atoms with van der Waals surface area (Å²) < 4.78 is 7.15. The lowest BCUT2D eigenvalue weighted by Crippen LogP contribution is -2.50. The number of ketones is 1. The summed E-state index contributed by atoms with van der Waals surface area (Å²) in [5.74, 6) is 1.49. The van der Waals surface area contributed by atoms with Gasteiger partial charge < -0.3 is 14.4 Å². The maximum absolute atomic E-state index is 13.1. The number of piperazine rings is 1. The SMILES string of the molecule is Cc1cc(-n2c(C)cc(C(=O)CN3CCN(C(=O)c4cc5ccccc5[nH]4)CC3)c2C)no1. The number of rotatable bonds is 5. The summed E-state index contributed by atoms with van der Waals surface area (Å²) in [6, 6.07) is 13.6. The van der Waals surface area contributed by atoms with Crippen LogP contribution in [-0.2, 0) is 0 Å². The van der Waals surface area contributed by atoms with Crippen LogP contribution in [0.4, 0.5) is 0 Å². The van der Waals surface area contributed by atoms with Crippen LogP contribution in [0.5, 0.6) is 0 Å². The number of fused-ring (bicyclic) bond motifs is 1. The van der Waals surface area contributed by atoms with Crippen molar-refractivity contribution in [1.82, 2.24) is 24.5 Å². The van der Waals surface area contributed by atoms with Crippen LogP contribution in [0.25, 0.3) is 16.7 Å². The molecule has 8 nitrogen and oxygen atoms in total. The number of hydrogen-bond donors (Lipinski definition) is 1. The van der Waals surface area contributed by atoms with Gasteiger partial charge in [-0.15, -0.1) is 0 Å². The largest absolute Gasteiger partial charge is 0.360 e. The van der Waals surface area contributed by atoms with Gasteiger partial charge in [-0.2, -0.15) is 0 Å². The Balaban J connectivity index is 1.22. The minimum Gasteiger partial charge on any atom is -0.360 e. The van der Waals surface area contributed by atoms with E-state index in [0.29, 0.717) is 49.8 Å². The predicted octanol–water partition coefficient (Wildman–Crippen LogP) is 3.51. The van der Waals surface area contributed by atoms with Gasteiger partial charge in [-0.3, -0.25) is 19.1 Å². The summed E-state index contributed by atoms with van der Waals surface area (Å²) in [6.45, 7) is 8.59. The van der Waals surface area contributed by atoms with E-state index in [1.54, 1.807) is 0 Å². The highest BCUT2D eigenvalue weighted by Crippen LogP contribution is 2.22. The average molecular weight is 446 g/mol. The standard InChI is InChI=1S/C25H27N5O3/c1-16-12-20(18(3)30(16)24-13-17(2)33-27-24)23(31)15-28-8-10-29(11-9-28)25(32)22-14-19-6-4-5-7-21(19)26-22/h4-7,12-14,26H,8-11,15H2,1-3H3.